The molecule has 0 saturated heterocycles. The van der Waals surface area contributed by atoms with Gasteiger partial charge >= 0.3 is 0 Å². The fourth-order valence-electron chi connectivity index (χ4n) is 2.19. The molecule has 0 unspecified atom stereocenters. The molecule has 0 saturated carbocycles. The molecular formula is C15H9ClN4. The maximum Gasteiger partial charge on any atom is 0.182 e. The van der Waals surface area contributed by atoms with E-state index < -0.39 is 0 Å². The molecule has 2 heterocycles. The van der Waals surface area contributed by atoms with Crippen LogP contribution in [0.25, 0.3) is 27.9 Å². The number of nitrogens with zero attached hydrogens (tertiary/aromatic N) is 4. The van der Waals surface area contributed by atoms with Gasteiger partial charge in [-0.2, -0.15) is 5.10 Å². The van der Waals surface area contributed by atoms with Gasteiger partial charge in [0.2, 0.25) is 0 Å². The lowest BCUT2D eigenvalue weighted by Crippen LogP contribution is -1.97. The first kappa shape index (κ1) is 11.4. The van der Waals surface area contributed by atoms with Crippen molar-refractivity contribution in [3.05, 3.63) is 59.8 Å². The molecule has 0 N–H and O–H groups in total. The highest BCUT2D eigenvalue weighted by molar-refractivity contribution is 6.30. The van der Waals surface area contributed by atoms with E-state index >= 15 is 0 Å². The van der Waals surface area contributed by atoms with Crippen molar-refractivity contribution in [2.45, 2.75) is 0 Å². The molecule has 2 aromatic carbocycles. The Hall–Kier alpha value is -2.46. The summed E-state index contributed by atoms with van der Waals surface area (Å²) in [6.07, 6.45) is 1.73. The van der Waals surface area contributed by atoms with E-state index in [0.29, 0.717) is 5.02 Å². The van der Waals surface area contributed by atoms with Crippen molar-refractivity contribution in [2.24, 2.45) is 0 Å². The van der Waals surface area contributed by atoms with Crippen LogP contribution in [0.4, 0.5) is 0 Å². The van der Waals surface area contributed by atoms with Gasteiger partial charge in [-0.25, -0.2) is 14.6 Å². The number of hydrogen-bond acceptors (Lipinski definition) is 3. The Morgan fingerprint density at radius 2 is 1.50 bits per heavy atom. The summed E-state index contributed by atoms with van der Waals surface area (Å²) in [5, 5.41) is 5.06. The third kappa shape index (κ3) is 1.73. The SMILES string of the molecule is Clc1ccc(-n2ncc3nc4ccccc4nc32)cc1. The Bertz CT molecular complexity index is 912. The van der Waals surface area contributed by atoms with Gasteiger partial charge in [0.1, 0.15) is 5.52 Å². The smallest absolute Gasteiger partial charge is 0.182 e. The number of hydrogen-bond donors (Lipinski definition) is 0. The van der Waals surface area contributed by atoms with Crippen LogP contribution in [0, 0.1) is 0 Å². The molecule has 0 amide bonds. The Labute approximate surface area is 119 Å². The fourth-order valence-corrected chi connectivity index (χ4v) is 2.31. The molecule has 0 aliphatic heterocycles. The van der Waals surface area contributed by atoms with Crippen molar-refractivity contribution >= 4 is 33.8 Å². The molecule has 0 fully saturated rings. The summed E-state index contributed by atoms with van der Waals surface area (Å²) in [6.45, 7) is 0. The summed E-state index contributed by atoms with van der Waals surface area (Å²) < 4.78 is 1.77. The van der Waals surface area contributed by atoms with Crippen LogP contribution in [0.15, 0.2) is 54.7 Å². The third-order valence-electron chi connectivity index (χ3n) is 3.15. The average Bonchev–Trinajstić information content (AvgIpc) is 2.88. The van der Waals surface area contributed by atoms with Crippen LogP contribution in [0.1, 0.15) is 0 Å². The summed E-state index contributed by atoms with van der Waals surface area (Å²) >= 11 is 5.91. The minimum absolute atomic E-state index is 0.696. The fraction of sp³-hybridized carbons (Fsp3) is 0. The van der Waals surface area contributed by atoms with Crippen molar-refractivity contribution in [3.8, 4) is 5.69 Å². The molecule has 96 valence electrons. The zero-order valence-corrected chi connectivity index (χ0v) is 11.1. The number of aromatic nitrogens is 4. The van der Waals surface area contributed by atoms with Crippen LogP contribution in [0.2, 0.25) is 5.02 Å². The summed E-state index contributed by atoms with van der Waals surface area (Å²) in [4.78, 5) is 9.21. The summed E-state index contributed by atoms with van der Waals surface area (Å²) in [7, 11) is 0. The zero-order chi connectivity index (χ0) is 13.5. The van der Waals surface area contributed by atoms with Gasteiger partial charge in [0.25, 0.3) is 0 Å². The number of para-hydroxylation sites is 2. The second-order valence-electron chi connectivity index (χ2n) is 4.45. The highest BCUT2D eigenvalue weighted by atomic mass is 35.5. The molecule has 0 aliphatic carbocycles. The van der Waals surface area contributed by atoms with E-state index in [0.717, 1.165) is 27.9 Å². The highest BCUT2D eigenvalue weighted by Gasteiger charge is 2.09. The predicted octanol–water partition coefficient (Wildman–Crippen LogP) is 3.62. The second kappa shape index (κ2) is 4.28. The standard InChI is InChI=1S/C15H9ClN4/c16-10-5-7-11(8-6-10)20-15-14(9-17-20)18-12-3-1-2-4-13(12)19-15/h1-9H. The minimum atomic E-state index is 0.696. The lowest BCUT2D eigenvalue weighted by Gasteiger charge is -2.03. The number of fused-ring (bicyclic) bond motifs is 2. The summed E-state index contributed by atoms with van der Waals surface area (Å²) in [5.74, 6) is 0. The average molecular weight is 281 g/mol. The van der Waals surface area contributed by atoms with Crippen molar-refractivity contribution in [1.82, 2.24) is 19.7 Å². The maximum absolute atomic E-state index is 5.91. The lowest BCUT2D eigenvalue weighted by molar-refractivity contribution is 0.899. The Balaban J connectivity index is 2.00. The molecule has 20 heavy (non-hydrogen) atoms. The highest BCUT2D eigenvalue weighted by Crippen LogP contribution is 2.19. The van der Waals surface area contributed by atoms with E-state index in [-0.39, 0.29) is 0 Å². The largest absolute Gasteiger partial charge is 0.241 e. The van der Waals surface area contributed by atoms with Crippen LogP contribution < -0.4 is 0 Å². The Kier molecular flexibility index (Phi) is 2.44. The molecule has 0 aliphatic rings. The van der Waals surface area contributed by atoms with E-state index in [1.165, 1.54) is 0 Å². The van der Waals surface area contributed by atoms with E-state index in [4.69, 9.17) is 11.6 Å². The number of halogens is 1. The van der Waals surface area contributed by atoms with Gasteiger partial charge in [0.05, 0.1) is 22.9 Å². The molecule has 0 spiro atoms. The number of benzene rings is 2. The minimum Gasteiger partial charge on any atom is -0.241 e. The molecule has 0 atom stereocenters. The van der Waals surface area contributed by atoms with Crippen molar-refractivity contribution in [1.29, 1.82) is 0 Å². The van der Waals surface area contributed by atoms with Crippen LogP contribution in [-0.4, -0.2) is 19.7 Å². The maximum atomic E-state index is 5.91. The monoisotopic (exact) mass is 280 g/mol. The zero-order valence-electron chi connectivity index (χ0n) is 10.4. The van der Waals surface area contributed by atoms with Crippen molar-refractivity contribution in [3.63, 3.8) is 0 Å². The molecule has 2 aromatic heterocycles. The molecule has 0 bridgehead atoms. The summed E-state index contributed by atoms with van der Waals surface area (Å²) in [6, 6.07) is 15.3. The molecule has 4 aromatic rings. The predicted molar refractivity (Wildman–Crippen MR) is 79.2 cm³/mol. The van der Waals surface area contributed by atoms with Gasteiger partial charge in [-0.3, -0.25) is 0 Å². The van der Waals surface area contributed by atoms with Gasteiger partial charge in [-0.15, -0.1) is 0 Å². The lowest BCUT2D eigenvalue weighted by atomic mass is 10.3. The van der Waals surface area contributed by atoms with Crippen LogP contribution in [-0.2, 0) is 0 Å². The topological polar surface area (TPSA) is 43.6 Å². The first-order chi connectivity index (χ1) is 9.81. The van der Waals surface area contributed by atoms with Gasteiger partial charge in [-0.05, 0) is 36.4 Å². The van der Waals surface area contributed by atoms with E-state index in [1.54, 1.807) is 10.9 Å². The van der Waals surface area contributed by atoms with Crippen LogP contribution in [0.3, 0.4) is 0 Å². The second-order valence-corrected chi connectivity index (χ2v) is 4.89. The third-order valence-corrected chi connectivity index (χ3v) is 3.40. The van der Waals surface area contributed by atoms with Gasteiger partial charge < -0.3 is 0 Å². The first-order valence-corrected chi connectivity index (χ1v) is 6.55. The Morgan fingerprint density at radius 3 is 2.25 bits per heavy atom. The van der Waals surface area contributed by atoms with Crippen molar-refractivity contribution < 1.29 is 0 Å². The van der Waals surface area contributed by atoms with E-state index in [9.17, 15) is 0 Å². The molecule has 0 radical (unpaired) electrons. The molecular weight excluding hydrogens is 272 g/mol. The Morgan fingerprint density at radius 1 is 0.800 bits per heavy atom. The van der Waals surface area contributed by atoms with E-state index in [2.05, 4.69) is 15.1 Å². The van der Waals surface area contributed by atoms with Crippen molar-refractivity contribution in [2.75, 3.05) is 0 Å². The number of rotatable bonds is 1. The molecule has 4 rings (SSSR count). The summed E-state index contributed by atoms with van der Waals surface area (Å²) in [5.41, 5.74) is 4.16. The first-order valence-electron chi connectivity index (χ1n) is 6.18. The van der Waals surface area contributed by atoms with Crippen LogP contribution in [0.5, 0.6) is 0 Å². The van der Waals surface area contributed by atoms with Crippen LogP contribution >= 0.6 is 11.6 Å². The van der Waals surface area contributed by atoms with Gasteiger partial charge in [0.15, 0.2) is 5.65 Å². The van der Waals surface area contributed by atoms with Gasteiger partial charge in [-0.1, -0.05) is 23.7 Å². The quantitative estimate of drug-likeness (QED) is 0.535. The normalized spacial score (nSPS) is 11.2. The van der Waals surface area contributed by atoms with E-state index in [1.807, 2.05) is 48.5 Å². The molecule has 5 heteroatoms. The molecule has 4 nitrogen and oxygen atoms in total. The van der Waals surface area contributed by atoms with Gasteiger partial charge in [0, 0.05) is 5.02 Å².